The van der Waals surface area contributed by atoms with Crippen LogP contribution in [0.2, 0.25) is 0 Å². The summed E-state index contributed by atoms with van der Waals surface area (Å²) in [6.07, 6.45) is -5.66. The predicted molar refractivity (Wildman–Crippen MR) is 47.4 cm³/mol. The summed E-state index contributed by atoms with van der Waals surface area (Å²) in [4.78, 5) is 0. The van der Waals surface area contributed by atoms with Crippen molar-refractivity contribution in [1.82, 2.24) is 0 Å². The first-order valence-corrected chi connectivity index (χ1v) is 4.05. The molecule has 0 aliphatic carbocycles. The van der Waals surface area contributed by atoms with E-state index in [4.69, 9.17) is 11.1 Å². The van der Waals surface area contributed by atoms with Crippen molar-refractivity contribution >= 4 is 5.84 Å². The lowest BCUT2D eigenvalue weighted by Crippen LogP contribution is -2.33. The molecule has 0 saturated heterocycles. The van der Waals surface area contributed by atoms with Crippen LogP contribution >= 0.6 is 0 Å². The van der Waals surface area contributed by atoms with Crippen LogP contribution in [-0.4, -0.2) is 12.0 Å². The van der Waals surface area contributed by atoms with E-state index in [1.54, 1.807) is 0 Å². The lowest BCUT2D eigenvalue weighted by atomic mass is 10.0. The number of hydrogen-bond donors (Lipinski definition) is 2. The standard InChI is InChI=1S/C9H7F5N2/c10-8(11,9(12,13)14)6-3-1-2-5(4-6)7(15)16/h1-4H,(H3,15,16). The highest BCUT2D eigenvalue weighted by atomic mass is 19.4. The summed E-state index contributed by atoms with van der Waals surface area (Å²) in [6.45, 7) is 0. The summed E-state index contributed by atoms with van der Waals surface area (Å²) in [6, 6.07) is 3.36. The fourth-order valence-electron chi connectivity index (χ4n) is 1.05. The molecule has 0 aromatic heterocycles. The van der Waals surface area contributed by atoms with Crippen molar-refractivity contribution < 1.29 is 22.0 Å². The first-order valence-electron chi connectivity index (χ1n) is 4.05. The Morgan fingerprint density at radius 2 is 1.69 bits per heavy atom. The average Bonchev–Trinajstić information content (AvgIpc) is 2.16. The van der Waals surface area contributed by atoms with Gasteiger partial charge in [-0.15, -0.1) is 0 Å². The van der Waals surface area contributed by atoms with Crippen LogP contribution in [0.4, 0.5) is 22.0 Å². The van der Waals surface area contributed by atoms with Gasteiger partial charge in [0.2, 0.25) is 0 Å². The average molecular weight is 238 g/mol. The molecule has 0 bridgehead atoms. The second-order valence-electron chi connectivity index (χ2n) is 3.07. The Morgan fingerprint density at radius 1 is 1.12 bits per heavy atom. The summed E-state index contributed by atoms with van der Waals surface area (Å²) in [5, 5.41) is 6.94. The normalized spacial score (nSPS) is 12.6. The third kappa shape index (κ3) is 2.12. The Bertz CT molecular complexity index is 411. The van der Waals surface area contributed by atoms with E-state index in [1.807, 2.05) is 0 Å². The van der Waals surface area contributed by atoms with Crippen molar-refractivity contribution in [3.63, 3.8) is 0 Å². The Hall–Kier alpha value is -1.66. The van der Waals surface area contributed by atoms with Crippen molar-refractivity contribution in [2.24, 2.45) is 5.73 Å². The molecule has 0 unspecified atom stereocenters. The molecule has 88 valence electrons. The van der Waals surface area contributed by atoms with Crippen LogP contribution in [-0.2, 0) is 5.92 Å². The highest BCUT2D eigenvalue weighted by Gasteiger charge is 2.58. The number of rotatable bonds is 2. The van der Waals surface area contributed by atoms with Crippen molar-refractivity contribution in [3.8, 4) is 0 Å². The molecular weight excluding hydrogens is 231 g/mol. The number of hydrogen-bond acceptors (Lipinski definition) is 1. The molecule has 0 radical (unpaired) electrons. The van der Waals surface area contributed by atoms with Gasteiger partial charge in [0.1, 0.15) is 5.84 Å². The number of alkyl halides is 5. The molecule has 1 aromatic rings. The van der Waals surface area contributed by atoms with Gasteiger partial charge in [-0.2, -0.15) is 22.0 Å². The third-order valence-corrected chi connectivity index (χ3v) is 1.89. The minimum absolute atomic E-state index is 0.179. The highest BCUT2D eigenvalue weighted by Crippen LogP contribution is 2.43. The molecule has 0 heterocycles. The van der Waals surface area contributed by atoms with E-state index in [9.17, 15) is 22.0 Å². The number of halogens is 5. The number of nitrogen functional groups attached to an aromatic ring is 1. The van der Waals surface area contributed by atoms with Crippen LogP contribution in [0.1, 0.15) is 11.1 Å². The van der Waals surface area contributed by atoms with Crippen LogP contribution in [0.5, 0.6) is 0 Å². The van der Waals surface area contributed by atoms with E-state index < -0.39 is 23.5 Å². The zero-order valence-corrected chi connectivity index (χ0v) is 7.78. The molecule has 0 spiro atoms. The SMILES string of the molecule is N=C(N)c1cccc(C(F)(F)C(F)(F)F)c1. The molecule has 7 heteroatoms. The van der Waals surface area contributed by atoms with E-state index in [-0.39, 0.29) is 5.56 Å². The van der Waals surface area contributed by atoms with Crippen LogP contribution in [0.15, 0.2) is 24.3 Å². The Kier molecular flexibility index (Phi) is 2.89. The molecule has 0 saturated carbocycles. The Labute approximate surface area is 87.4 Å². The van der Waals surface area contributed by atoms with Crippen LogP contribution in [0.3, 0.4) is 0 Å². The lowest BCUT2D eigenvalue weighted by molar-refractivity contribution is -0.289. The smallest absolute Gasteiger partial charge is 0.384 e. The van der Waals surface area contributed by atoms with E-state index in [1.165, 1.54) is 6.07 Å². The maximum absolute atomic E-state index is 12.9. The van der Waals surface area contributed by atoms with Gasteiger partial charge in [0, 0.05) is 11.1 Å². The van der Waals surface area contributed by atoms with Gasteiger partial charge >= 0.3 is 12.1 Å². The highest BCUT2D eigenvalue weighted by molar-refractivity contribution is 5.95. The number of nitrogens with two attached hydrogens (primary N) is 1. The van der Waals surface area contributed by atoms with Gasteiger partial charge in [0.15, 0.2) is 0 Å². The fourth-order valence-corrected chi connectivity index (χ4v) is 1.05. The number of benzene rings is 1. The Morgan fingerprint density at radius 3 is 2.12 bits per heavy atom. The molecule has 0 fully saturated rings. The molecule has 0 aliphatic heterocycles. The molecule has 0 amide bonds. The van der Waals surface area contributed by atoms with Gasteiger partial charge in [-0.05, 0) is 6.07 Å². The number of amidine groups is 1. The van der Waals surface area contributed by atoms with Crippen molar-refractivity contribution in [1.29, 1.82) is 5.41 Å². The predicted octanol–water partition coefficient (Wildman–Crippen LogP) is 2.62. The van der Waals surface area contributed by atoms with Crippen LogP contribution in [0.25, 0.3) is 0 Å². The van der Waals surface area contributed by atoms with Gasteiger partial charge in [-0.1, -0.05) is 18.2 Å². The van der Waals surface area contributed by atoms with E-state index in [0.29, 0.717) is 12.1 Å². The maximum Gasteiger partial charge on any atom is 0.458 e. The summed E-state index contributed by atoms with van der Waals surface area (Å²) >= 11 is 0. The number of nitrogens with one attached hydrogen (secondary N) is 1. The van der Waals surface area contributed by atoms with Gasteiger partial charge < -0.3 is 5.73 Å². The molecular formula is C9H7F5N2. The van der Waals surface area contributed by atoms with Gasteiger partial charge in [0.05, 0.1) is 0 Å². The molecule has 1 aromatic carbocycles. The van der Waals surface area contributed by atoms with Gasteiger partial charge in [-0.25, -0.2) is 0 Å². The van der Waals surface area contributed by atoms with Gasteiger partial charge in [-0.3, -0.25) is 5.41 Å². The zero-order chi connectivity index (χ0) is 12.6. The Balaban J connectivity index is 3.24. The van der Waals surface area contributed by atoms with E-state index in [0.717, 1.165) is 6.07 Å². The summed E-state index contributed by atoms with van der Waals surface area (Å²) in [5.74, 6) is -5.52. The molecule has 0 atom stereocenters. The van der Waals surface area contributed by atoms with Gasteiger partial charge in [0.25, 0.3) is 0 Å². The lowest BCUT2D eigenvalue weighted by Gasteiger charge is -2.20. The van der Waals surface area contributed by atoms with Crippen molar-refractivity contribution in [2.75, 3.05) is 0 Å². The topological polar surface area (TPSA) is 49.9 Å². The fraction of sp³-hybridized carbons (Fsp3) is 0.222. The molecule has 0 aliphatic rings. The van der Waals surface area contributed by atoms with Crippen molar-refractivity contribution in [2.45, 2.75) is 12.1 Å². The van der Waals surface area contributed by atoms with E-state index in [2.05, 4.69) is 0 Å². The summed E-state index contributed by atoms with van der Waals surface area (Å²) in [7, 11) is 0. The monoisotopic (exact) mass is 238 g/mol. The summed E-state index contributed by atoms with van der Waals surface area (Å²) in [5.41, 5.74) is 3.58. The van der Waals surface area contributed by atoms with E-state index >= 15 is 0 Å². The van der Waals surface area contributed by atoms with Crippen molar-refractivity contribution in [3.05, 3.63) is 35.4 Å². The second-order valence-corrected chi connectivity index (χ2v) is 3.07. The zero-order valence-electron chi connectivity index (χ0n) is 7.78. The first kappa shape index (κ1) is 12.4. The molecule has 1 rings (SSSR count). The largest absolute Gasteiger partial charge is 0.458 e. The maximum atomic E-state index is 12.9. The molecule has 3 N–H and O–H groups in total. The third-order valence-electron chi connectivity index (χ3n) is 1.89. The molecule has 16 heavy (non-hydrogen) atoms. The minimum Gasteiger partial charge on any atom is -0.384 e. The quantitative estimate of drug-likeness (QED) is 0.464. The summed E-state index contributed by atoms with van der Waals surface area (Å²) < 4.78 is 61.8. The second kappa shape index (κ2) is 3.73. The van der Waals surface area contributed by atoms with Crippen LogP contribution in [0, 0.1) is 5.41 Å². The minimum atomic E-state index is -5.66. The first-order chi connectivity index (χ1) is 7.16. The van der Waals surface area contributed by atoms with Crippen LogP contribution < -0.4 is 5.73 Å². The molecule has 2 nitrogen and oxygen atoms in total.